The summed E-state index contributed by atoms with van der Waals surface area (Å²) in [6.07, 6.45) is -1.04. The number of carbonyl (C=O) groups is 2. The quantitative estimate of drug-likeness (QED) is 0.562. The van der Waals surface area contributed by atoms with Crippen molar-refractivity contribution in [3.05, 3.63) is 22.7 Å². The summed E-state index contributed by atoms with van der Waals surface area (Å²) in [7, 11) is -4.57. The summed E-state index contributed by atoms with van der Waals surface area (Å²) in [4.78, 5) is 21.4. The highest BCUT2D eigenvalue weighted by Crippen LogP contribution is 2.28. The molecule has 136 valence electrons. The maximum absolute atomic E-state index is 11.5. The van der Waals surface area contributed by atoms with Crippen LogP contribution in [0.3, 0.4) is 0 Å². The van der Waals surface area contributed by atoms with E-state index >= 15 is 0 Å². The number of carboxylic acids is 1. The molecule has 1 amide bonds. The molecule has 0 radical (unpaired) electrons. The fraction of sp³-hybridized carbons (Fsp3) is 0.385. The number of nitrogens with one attached hydrogen (secondary N) is 1. The van der Waals surface area contributed by atoms with Crippen molar-refractivity contribution in [3.8, 4) is 0 Å². The van der Waals surface area contributed by atoms with E-state index in [0.29, 0.717) is 0 Å². The maximum Gasteiger partial charge on any atom is 0.411 e. The average Bonchev–Trinajstić information content (AvgIpc) is 2.49. The lowest BCUT2D eigenvalue weighted by molar-refractivity contribution is -0.139. The molecule has 5 N–H and O–H groups in total. The highest BCUT2D eigenvalue weighted by atomic mass is 35.5. The number of ether oxygens (including phenoxy) is 1. The molecule has 0 saturated carbocycles. The Morgan fingerprint density at radius 1 is 1.38 bits per heavy atom. The largest absolute Gasteiger partial charge is 0.480 e. The summed E-state index contributed by atoms with van der Waals surface area (Å²) >= 11 is 5.76. The van der Waals surface area contributed by atoms with E-state index in [0.717, 1.165) is 6.07 Å². The van der Waals surface area contributed by atoms with Gasteiger partial charge in [0.15, 0.2) is 0 Å². The van der Waals surface area contributed by atoms with Crippen molar-refractivity contribution in [3.63, 3.8) is 0 Å². The zero-order valence-electron chi connectivity index (χ0n) is 13.2. The first-order valence-corrected chi connectivity index (χ1v) is 8.54. The molecule has 0 heterocycles. The van der Waals surface area contributed by atoms with Crippen molar-refractivity contribution in [2.45, 2.75) is 31.7 Å². The lowest BCUT2D eigenvalue weighted by Crippen LogP contribution is -2.36. The number of carboxylic acid groups (broad SMARTS) is 1. The van der Waals surface area contributed by atoms with Crippen molar-refractivity contribution < 1.29 is 32.4 Å². The van der Waals surface area contributed by atoms with Gasteiger partial charge in [-0.15, -0.1) is 0 Å². The molecular weight excluding hydrogens is 364 g/mol. The van der Waals surface area contributed by atoms with Gasteiger partial charge in [0.05, 0.1) is 5.02 Å². The molecule has 0 fully saturated rings. The second kappa shape index (κ2) is 9.42. The predicted octanol–water partition coefficient (Wildman–Crippen LogP) is 1.88. The molecule has 0 spiro atoms. The Morgan fingerprint density at radius 2 is 1.92 bits per heavy atom. The van der Waals surface area contributed by atoms with Crippen molar-refractivity contribution in [2.75, 3.05) is 11.9 Å². The van der Waals surface area contributed by atoms with Gasteiger partial charge >= 0.3 is 12.1 Å². The summed E-state index contributed by atoms with van der Waals surface area (Å²) in [6, 6.07) is 0.893. The minimum absolute atomic E-state index is 0.0107. The van der Waals surface area contributed by atoms with Gasteiger partial charge in [-0.2, -0.15) is 8.42 Å². The summed E-state index contributed by atoms with van der Waals surface area (Å²) in [5.74, 6) is -1.34. The monoisotopic (exact) mass is 382 g/mol. The molecule has 0 aliphatic carbocycles. The van der Waals surface area contributed by atoms with Gasteiger partial charge in [-0.25, -0.2) is 4.79 Å². The van der Waals surface area contributed by atoms with Crippen molar-refractivity contribution >= 4 is 39.5 Å². The van der Waals surface area contributed by atoms with Crippen LogP contribution in [0, 0.1) is 6.92 Å². The Labute approximate surface area is 144 Å². The van der Waals surface area contributed by atoms with E-state index in [1.807, 2.05) is 13.8 Å². The Morgan fingerprint density at radius 3 is 2.38 bits per heavy atom. The number of hydrogen-bond donors (Lipinski definition) is 4. The molecule has 1 rings (SSSR count). The number of aryl methyl sites for hydroxylation is 1. The number of benzene rings is 1. The number of hydrogen-bond acceptors (Lipinski definition) is 6. The fourth-order valence-corrected chi connectivity index (χ4v) is 2.45. The predicted molar refractivity (Wildman–Crippen MR) is 87.9 cm³/mol. The highest BCUT2D eigenvalue weighted by molar-refractivity contribution is 7.86. The van der Waals surface area contributed by atoms with Crippen LogP contribution >= 0.6 is 11.6 Å². The van der Waals surface area contributed by atoms with Gasteiger partial charge in [0.1, 0.15) is 17.5 Å². The van der Waals surface area contributed by atoms with Crippen LogP contribution in [0.5, 0.6) is 0 Å². The van der Waals surface area contributed by atoms with Crippen molar-refractivity contribution in [2.24, 2.45) is 5.73 Å². The number of rotatable bonds is 5. The van der Waals surface area contributed by atoms with Crippen molar-refractivity contribution in [1.29, 1.82) is 0 Å². The molecule has 1 aromatic rings. The van der Waals surface area contributed by atoms with E-state index in [9.17, 15) is 18.0 Å². The van der Waals surface area contributed by atoms with E-state index in [2.05, 4.69) is 10.1 Å². The zero-order valence-corrected chi connectivity index (χ0v) is 14.8. The molecule has 1 aromatic carbocycles. The number of amides is 1. The van der Waals surface area contributed by atoms with Gasteiger partial charge in [0.2, 0.25) is 0 Å². The van der Waals surface area contributed by atoms with Gasteiger partial charge in [0.25, 0.3) is 10.1 Å². The van der Waals surface area contributed by atoms with Crippen molar-refractivity contribution in [1.82, 2.24) is 0 Å². The number of anilines is 1. The highest BCUT2D eigenvalue weighted by Gasteiger charge is 2.19. The molecule has 0 bridgehead atoms. The molecule has 0 aromatic heterocycles. The number of nitrogens with two attached hydrogens (primary N) is 1. The summed E-state index contributed by atoms with van der Waals surface area (Å²) < 4.78 is 36.0. The SMILES string of the molecule is CC.Cc1cc(NC(=O)OCC(N)C(=O)O)cc(S(=O)(=O)O)c1Cl. The van der Waals surface area contributed by atoms with Gasteiger partial charge < -0.3 is 15.6 Å². The summed E-state index contributed by atoms with van der Waals surface area (Å²) in [5.41, 5.74) is 5.42. The van der Waals surface area contributed by atoms with E-state index < -0.39 is 39.7 Å². The Balaban J connectivity index is 0.00000254. The van der Waals surface area contributed by atoms with Crippen LogP contribution in [0.2, 0.25) is 5.02 Å². The number of halogens is 1. The first-order chi connectivity index (χ1) is 11.0. The lowest BCUT2D eigenvalue weighted by Gasteiger charge is -2.11. The first kappa shape index (κ1) is 22.1. The second-order valence-electron chi connectivity index (χ2n) is 4.25. The van der Waals surface area contributed by atoms with Gasteiger partial charge in [-0.1, -0.05) is 25.4 Å². The molecule has 11 heteroatoms. The number of aliphatic carboxylic acids is 1. The molecular formula is C13H19ClN2O7S. The van der Waals surface area contributed by atoms with Gasteiger partial charge in [0, 0.05) is 5.69 Å². The standard InChI is InChI=1S/C11H13ClN2O7S.C2H6/c1-5-2-6(3-8(9(5)12)22(18,19)20)14-11(17)21-4-7(13)10(15)16;1-2/h2-3,7H,4,13H2,1H3,(H,14,17)(H,15,16)(H,18,19,20);1-2H3. The van der Waals surface area contributed by atoms with Gasteiger partial charge in [-0.3, -0.25) is 14.7 Å². The first-order valence-electron chi connectivity index (χ1n) is 6.72. The van der Waals surface area contributed by atoms with Crippen LogP contribution in [0.15, 0.2) is 17.0 Å². The molecule has 1 unspecified atom stereocenters. The van der Waals surface area contributed by atoms with Crippen LogP contribution in [0.1, 0.15) is 19.4 Å². The molecule has 0 aliphatic heterocycles. The second-order valence-corrected chi connectivity index (χ2v) is 6.02. The molecule has 9 nitrogen and oxygen atoms in total. The smallest absolute Gasteiger partial charge is 0.411 e. The van der Waals surface area contributed by atoms with E-state index in [1.54, 1.807) is 0 Å². The Kier molecular flexibility index (Phi) is 8.69. The van der Waals surface area contributed by atoms with Gasteiger partial charge in [-0.05, 0) is 24.6 Å². The fourth-order valence-electron chi connectivity index (χ4n) is 1.39. The van der Waals surface area contributed by atoms with Crippen LogP contribution in [-0.4, -0.2) is 42.8 Å². The van der Waals surface area contributed by atoms with Crippen LogP contribution in [0.25, 0.3) is 0 Å². The van der Waals surface area contributed by atoms with Crippen LogP contribution in [-0.2, 0) is 19.6 Å². The molecule has 0 aliphatic rings. The maximum atomic E-state index is 11.5. The van der Waals surface area contributed by atoms with E-state index in [4.69, 9.17) is 27.0 Å². The zero-order chi connectivity index (χ0) is 19.1. The molecule has 1 atom stereocenters. The summed E-state index contributed by atoms with van der Waals surface area (Å²) in [6.45, 7) is 4.90. The topological polar surface area (TPSA) is 156 Å². The van der Waals surface area contributed by atoms with Crippen LogP contribution in [0.4, 0.5) is 10.5 Å². The average molecular weight is 383 g/mol. The third-order valence-corrected chi connectivity index (χ3v) is 3.95. The minimum Gasteiger partial charge on any atom is -0.480 e. The molecule has 0 saturated heterocycles. The minimum atomic E-state index is -4.57. The third kappa shape index (κ3) is 6.71. The Hall–Kier alpha value is -1.88. The lowest BCUT2D eigenvalue weighted by atomic mass is 10.2. The van der Waals surface area contributed by atoms with E-state index in [-0.39, 0.29) is 16.3 Å². The third-order valence-electron chi connectivity index (χ3n) is 2.46. The normalized spacial score (nSPS) is 11.8. The Bertz CT molecular complexity index is 707. The molecule has 24 heavy (non-hydrogen) atoms. The number of carbonyl (C=O) groups excluding carboxylic acids is 1. The van der Waals surface area contributed by atoms with Crippen LogP contribution < -0.4 is 11.1 Å². The summed E-state index contributed by atoms with van der Waals surface area (Å²) in [5, 5.41) is 10.5. The van der Waals surface area contributed by atoms with E-state index in [1.165, 1.54) is 13.0 Å².